The van der Waals surface area contributed by atoms with Crippen LogP contribution in [0.15, 0.2) is 53.6 Å². The van der Waals surface area contributed by atoms with Gasteiger partial charge >= 0.3 is 0 Å². The van der Waals surface area contributed by atoms with E-state index in [0.29, 0.717) is 11.8 Å². The number of aromatic nitrogens is 4. The summed E-state index contributed by atoms with van der Waals surface area (Å²) in [5.74, 6) is 1.99. The number of hydrogen-bond acceptors (Lipinski definition) is 6. The summed E-state index contributed by atoms with van der Waals surface area (Å²) in [6.45, 7) is 2.78. The average Bonchev–Trinajstić information content (AvgIpc) is 3.42. The zero-order valence-electron chi connectivity index (χ0n) is 15.1. The van der Waals surface area contributed by atoms with Crippen molar-refractivity contribution in [3.8, 4) is 11.3 Å². The largest absolute Gasteiger partial charge is 0.391 e. The molecule has 1 N–H and O–H groups in total. The van der Waals surface area contributed by atoms with Crippen molar-refractivity contribution >= 4 is 0 Å². The quantitative estimate of drug-likeness (QED) is 0.765. The maximum Gasteiger partial charge on any atom is 0.151 e. The van der Waals surface area contributed by atoms with Gasteiger partial charge in [0.05, 0.1) is 18.7 Å². The van der Waals surface area contributed by atoms with E-state index in [4.69, 9.17) is 4.52 Å². The third kappa shape index (κ3) is 3.28. The molecule has 1 aliphatic carbocycles. The van der Waals surface area contributed by atoms with Crippen molar-refractivity contribution in [2.24, 2.45) is 11.8 Å². The Balaban J connectivity index is 1.25. The second-order valence-electron chi connectivity index (χ2n) is 7.73. The van der Waals surface area contributed by atoms with Gasteiger partial charge in [0.25, 0.3) is 0 Å². The molecule has 2 fully saturated rings. The molecule has 1 saturated carbocycles. The second-order valence-corrected chi connectivity index (χ2v) is 7.73. The van der Waals surface area contributed by atoms with E-state index in [0.717, 1.165) is 49.5 Å². The van der Waals surface area contributed by atoms with Crippen LogP contribution in [0, 0.1) is 11.8 Å². The van der Waals surface area contributed by atoms with E-state index in [-0.39, 0.29) is 12.1 Å². The van der Waals surface area contributed by atoms with E-state index >= 15 is 0 Å². The standard InChI is InChI=1S/C20H23N5O2/c26-20-8-16-12-24(11-15(16)7-19(20)25-6-2-5-22-25)13-17-9-18(23-27-17)14-3-1-4-21-10-14/h1-6,9-10,15-16,19-20,26H,7-8,11-13H2/t15-,16+,19-,20-/m1/s1. The van der Waals surface area contributed by atoms with Crippen LogP contribution in [0.3, 0.4) is 0 Å². The van der Waals surface area contributed by atoms with Crippen LogP contribution < -0.4 is 0 Å². The first-order valence-electron chi connectivity index (χ1n) is 9.52. The highest BCUT2D eigenvalue weighted by Gasteiger charge is 2.42. The van der Waals surface area contributed by atoms with Crippen molar-refractivity contribution in [3.63, 3.8) is 0 Å². The molecular formula is C20H23N5O2. The molecule has 140 valence electrons. The molecule has 0 radical (unpaired) electrons. The van der Waals surface area contributed by atoms with Gasteiger partial charge in [0, 0.05) is 49.5 Å². The fourth-order valence-corrected chi connectivity index (χ4v) is 4.65. The highest BCUT2D eigenvalue weighted by atomic mass is 16.5. The fourth-order valence-electron chi connectivity index (χ4n) is 4.65. The van der Waals surface area contributed by atoms with Crippen molar-refractivity contribution < 1.29 is 9.63 Å². The minimum absolute atomic E-state index is 0.0867. The summed E-state index contributed by atoms with van der Waals surface area (Å²) in [5, 5.41) is 19.1. The summed E-state index contributed by atoms with van der Waals surface area (Å²) in [7, 11) is 0. The van der Waals surface area contributed by atoms with Crippen molar-refractivity contribution in [3.05, 3.63) is 54.8 Å². The van der Waals surface area contributed by atoms with E-state index in [1.165, 1.54) is 0 Å². The highest BCUT2D eigenvalue weighted by molar-refractivity contribution is 5.57. The van der Waals surface area contributed by atoms with Crippen LogP contribution in [0.2, 0.25) is 0 Å². The molecule has 4 atom stereocenters. The first-order chi connectivity index (χ1) is 13.3. The topological polar surface area (TPSA) is 80.2 Å². The summed E-state index contributed by atoms with van der Waals surface area (Å²) in [6.07, 6.45) is 8.77. The van der Waals surface area contributed by atoms with Gasteiger partial charge in [-0.25, -0.2) is 0 Å². The Morgan fingerprint density at radius 1 is 1.15 bits per heavy atom. The molecule has 27 heavy (non-hydrogen) atoms. The maximum atomic E-state index is 10.6. The summed E-state index contributed by atoms with van der Waals surface area (Å²) >= 11 is 0. The third-order valence-electron chi connectivity index (χ3n) is 5.95. The molecule has 0 amide bonds. The first kappa shape index (κ1) is 16.6. The Bertz CT molecular complexity index is 879. The summed E-state index contributed by atoms with van der Waals surface area (Å²) in [6, 6.07) is 7.89. The van der Waals surface area contributed by atoms with Gasteiger partial charge in [0.1, 0.15) is 5.69 Å². The molecule has 0 spiro atoms. The molecule has 4 heterocycles. The van der Waals surface area contributed by atoms with Gasteiger partial charge in [-0.15, -0.1) is 0 Å². The average molecular weight is 365 g/mol. The van der Waals surface area contributed by atoms with Gasteiger partial charge in [-0.1, -0.05) is 5.16 Å². The van der Waals surface area contributed by atoms with Crippen LogP contribution in [0.1, 0.15) is 24.6 Å². The van der Waals surface area contributed by atoms with Crippen LogP contribution in [0.25, 0.3) is 11.3 Å². The lowest BCUT2D eigenvalue weighted by atomic mass is 9.77. The first-order valence-corrected chi connectivity index (χ1v) is 9.52. The van der Waals surface area contributed by atoms with E-state index in [1.54, 1.807) is 18.6 Å². The number of rotatable bonds is 4. The number of nitrogens with zero attached hydrogens (tertiary/aromatic N) is 5. The van der Waals surface area contributed by atoms with Crippen LogP contribution in [-0.4, -0.2) is 49.1 Å². The molecule has 3 aromatic heterocycles. The van der Waals surface area contributed by atoms with Crippen LogP contribution in [-0.2, 0) is 6.54 Å². The normalized spacial score (nSPS) is 28.3. The molecule has 0 aromatic carbocycles. The monoisotopic (exact) mass is 365 g/mol. The van der Waals surface area contributed by atoms with Crippen molar-refractivity contribution in [2.45, 2.75) is 31.5 Å². The number of aliphatic hydroxyl groups is 1. The summed E-state index contributed by atoms with van der Waals surface area (Å²) in [4.78, 5) is 6.55. The lowest BCUT2D eigenvalue weighted by Crippen LogP contribution is -2.36. The second kappa shape index (κ2) is 6.90. The Morgan fingerprint density at radius 3 is 2.81 bits per heavy atom. The molecule has 1 saturated heterocycles. The lowest BCUT2D eigenvalue weighted by Gasteiger charge is -2.35. The molecule has 2 aliphatic rings. The molecule has 7 heteroatoms. The zero-order chi connectivity index (χ0) is 18.2. The Morgan fingerprint density at radius 2 is 2.04 bits per heavy atom. The van der Waals surface area contributed by atoms with Crippen molar-refractivity contribution in [1.29, 1.82) is 0 Å². The molecule has 7 nitrogen and oxygen atoms in total. The number of hydrogen-bond donors (Lipinski definition) is 1. The number of pyridine rings is 1. The van der Waals surface area contributed by atoms with Gasteiger partial charge in [-0.3, -0.25) is 14.6 Å². The number of likely N-dealkylation sites (tertiary alicyclic amines) is 1. The molecular weight excluding hydrogens is 342 g/mol. The van der Waals surface area contributed by atoms with E-state index < -0.39 is 0 Å². The van der Waals surface area contributed by atoms with Gasteiger partial charge in [0.2, 0.25) is 0 Å². The smallest absolute Gasteiger partial charge is 0.151 e. The molecule has 0 bridgehead atoms. The van der Waals surface area contributed by atoms with Gasteiger partial charge < -0.3 is 9.63 Å². The predicted octanol–water partition coefficient (Wildman–Crippen LogP) is 2.38. The zero-order valence-corrected chi connectivity index (χ0v) is 15.1. The summed E-state index contributed by atoms with van der Waals surface area (Å²) < 4.78 is 7.47. The summed E-state index contributed by atoms with van der Waals surface area (Å²) in [5.41, 5.74) is 1.79. The Hall–Kier alpha value is -2.51. The van der Waals surface area contributed by atoms with Gasteiger partial charge in [-0.2, -0.15) is 5.10 Å². The Kier molecular flexibility index (Phi) is 4.26. The van der Waals surface area contributed by atoms with E-state index in [2.05, 4.69) is 20.1 Å². The van der Waals surface area contributed by atoms with Gasteiger partial charge in [-0.05, 0) is 42.9 Å². The maximum absolute atomic E-state index is 10.6. The van der Waals surface area contributed by atoms with Crippen LogP contribution >= 0.6 is 0 Å². The lowest BCUT2D eigenvalue weighted by molar-refractivity contribution is 0.0306. The predicted molar refractivity (Wildman–Crippen MR) is 98.5 cm³/mol. The fraction of sp³-hybridized carbons (Fsp3) is 0.450. The molecule has 5 rings (SSSR count). The molecule has 1 aliphatic heterocycles. The van der Waals surface area contributed by atoms with E-state index in [1.807, 2.05) is 35.1 Å². The highest BCUT2D eigenvalue weighted by Crippen LogP contribution is 2.41. The van der Waals surface area contributed by atoms with Gasteiger partial charge in [0.15, 0.2) is 5.76 Å². The molecule has 3 aromatic rings. The van der Waals surface area contributed by atoms with Crippen LogP contribution in [0.4, 0.5) is 0 Å². The SMILES string of the molecule is O[C@@H]1C[C@H]2CN(Cc3cc(-c4cccnc4)no3)C[C@H]2C[C@H]1n1cccn1. The number of fused-ring (bicyclic) bond motifs is 1. The Labute approximate surface area is 157 Å². The third-order valence-corrected chi connectivity index (χ3v) is 5.95. The van der Waals surface area contributed by atoms with Crippen LogP contribution in [0.5, 0.6) is 0 Å². The van der Waals surface area contributed by atoms with Crippen molar-refractivity contribution in [1.82, 2.24) is 24.8 Å². The minimum atomic E-state index is -0.325. The van der Waals surface area contributed by atoms with Crippen molar-refractivity contribution in [2.75, 3.05) is 13.1 Å². The van der Waals surface area contributed by atoms with E-state index in [9.17, 15) is 5.11 Å². The molecule has 0 unspecified atom stereocenters. The minimum Gasteiger partial charge on any atom is -0.391 e. The number of aliphatic hydroxyl groups excluding tert-OH is 1.